The Morgan fingerprint density at radius 3 is 2.59 bits per heavy atom. The minimum Gasteiger partial charge on any atom is -0.394 e. The molecule has 1 fully saturated rings. The van der Waals surface area contributed by atoms with Crippen molar-refractivity contribution in [2.24, 2.45) is 0 Å². The number of carbonyl (C=O) groups excluding carboxylic acids is 1. The van der Waals surface area contributed by atoms with Gasteiger partial charge in [-0.05, 0) is 50.5 Å². The highest BCUT2D eigenvalue weighted by molar-refractivity contribution is 6.06. The Kier molecular flexibility index (Phi) is 6.30. The SMILES string of the molecule is Cc1cc(F)ccc1-c1nc(NC(C)(CO)CO)nc2c1C(=O)NCN2C1CCCCC1. The summed E-state index contributed by atoms with van der Waals surface area (Å²) in [6, 6.07) is 4.61. The molecule has 4 rings (SSSR count). The highest BCUT2D eigenvalue weighted by Crippen LogP contribution is 2.37. The Morgan fingerprint density at radius 1 is 1.22 bits per heavy atom. The van der Waals surface area contributed by atoms with Crippen LogP contribution in [0.25, 0.3) is 11.3 Å². The quantitative estimate of drug-likeness (QED) is 0.543. The van der Waals surface area contributed by atoms with E-state index in [4.69, 9.17) is 0 Å². The Bertz CT molecular complexity index is 1010. The summed E-state index contributed by atoms with van der Waals surface area (Å²) < 4.78 is 13.8. The van der Waals surface area contributed by atoms with Crippen molar-refractivity contribution in [3.8, 4) is 11.3 Å². The van der Waals surface area contributed by atoms with Gasteiger partial charge in [0.05, 0.1) is 31.1 Å². The first-order valence-electron chi connectivity index (χ1n) is 11.1. The summed E-state index contributed by atoms with van der Waals surface area (Å²) in [7, 11) is 0. The number of hydrogen-bond donors (Lipinski definition) is 4. The van der Waals surface area contributed by atoms with E-state index in [1.807, 2.05) is 0 Å². The molecule has 1 aromatic carbocycles. The van der Waals surface area contributed by atoms with Crippen LogP contribution >= 0.6 is 0 Å². The molecule has 0 atom stereocenters. The van der Waals surface area contributed by atoms with Crippen LogP contribution in [-0.2, 0) is 0 Å². The predicted molar refractivity (Wildman–Crippen MR) is 120 cm³/mol. The van der Waals surface area contributed by atoms with E-state index in [1.165, 1.54) is 18.6 Å². The van der Waals surface area contributed by atoms with E-state index < -0.39 is 5.54 Å². The maximum absolute atomic E-state index is 13.8. The van der Waals surface area contributed by atoms with Crippen molar-refractivity contribution >= 4 is 17.7 Å². The van der Waals surface area contributed by atoms with Crippen LogP contribution < -0.4 is 15.5 Å². The lowest BCUT2D eigenvalue weighted by atomic mass is 9.93. The second-order valence-electron chi connectivity index (χ2n) is 8.98. The molecule has 172 valence electrons. The number of benzene rings is 1. The standard InChI is InChI=1S/C23H30FN5O3/c1-14-10-15(24)8-9-17(14)19-18-20(27-22(26-19)28-23(2,11-30)12-31)29(13-25-21(18)32)16-6-4-3-5-7-16/h8-10,16,30-31H,3-7,11-13H2,1-2H3,(H,25,32)(H,26,27,28). The molecule has 2 aromatic rings. The molecule has 0 bridgehead atoms. The molecule has 1 amide bonds. The number of aliphatic hydroxyl groups is 2. The molecule has 32 heavy (non-hydrogen) atoms. The molecule has 1 saturated carbocycles. The molecule has 0 radical (unpaired) electrons. The maximum atomic E-state index is 13.8. The summed E-state index contributed by atoms with van der Waals surface area (Å²) in [4.78, 5) is 24.4. The molecular formula is C23H30FN5O3. The lowest BCUT2D eigenvalue weighted by Gasteiger charge is -2.39. The Balaban J connectivity index is 1.89. The predicted octanol–water partition coefficient (Wildman–Crippen LogP) is 2.59. The summed E-state index contributed by atoms with van der Waals surface area (Å²) in [5.74, 6) is 0.0806. The fourth-order valence-electron chi connectivity index (χ4n) is 4.42. The zero-order valence-electron chi connectivity index (χ0n) is 18.5. The molecule has 1 aliphatic carbocycles. The van der Waals surface area contributed by atoms with Gasteiger partial charge in [-0.15, -0.1) is 0 Å². The van der Waals surface area contributed by atoms with Gasteiger partial charge in [0.2, 0.25) is 5.95 Å². The van der Waals surface area contributed by atoms with Crippen molar-refractivity contribution in [3.63, 3.8) is 0 Å². The van der Waals surface area contributed by atoms with E-state index in [2.05, 4.69) is 25.5 Å². The molecule has 1 aliphatic heterocycles. The van der Waals surface area contributed by atoms with Gasteiger partial charge in [0, 0.05) is 11.6 Å². The number of anilines is 2. The average Bonchev–Trinajstić information content (AvgIpc) is 2.79. The molecule has 0 saturated heterocycles. The lowest BCUT2D eigenvalue weighted by molar-refractivity contribution is 0.0944. The van der Waals surface area contributed by atoms with Crippen molar-refractivity contribution in [2.75, 3.05) is 30.1 Å². The van der Waals surface area contributed by atoms with Gasteiger partial charge in [-0.2, -0.15) is 4.98 Å². The van der Waals surface area contributed by atoms with Crippen LogP contribution in [-0.4, -0.2) is 57.6 Å². The van der Waals surface area contributed by atoms with E-state index in [-0.39, 0.29) is 36.9 Å². The van der Waals surface area contributed by atoms with Gasteiger partial charge < -0.3 is 25.7 Å². The van der Waals surface area contributed by atoms with Crippen molar-refractivity contribution < 1.29 is 19.4 Å². The summed E-state index contributed by atoms with van der Waals surface area (Å²) >= 11 is 0. The fraction of sp³-hybridized carbons (Fsp3) is 0.522. The molecule has 2 aliphatic rings. The third-order valence-electron chi connectivity index (χ3n) is 6.37. The molecule has 0 spiro atoms. The van der Waals surface area contributed by atoms with Crippen LogP contribution in [0.3, 0.4) is 0 Å². The van der Waals surface area contributed by atoms with Gasteiger partial charge in [-0.25, -0.2) is 9.37 Å². The monoisotopic (exact) mass is 443 g/mol. The van der Waals surface area contributed by atoms with Crippen molar-refractivity contribution in [1.29, 1.82) is 0 Å². The second-order valence-corrected chi connectivity index (χ2v) is 8.98. The van der Waals surface area contributed by atoms with Crippen LogP contribution in [0.1, 0.15) is 54.9 Å². The summed E-state index contributed by atoms with van der Waals surface area (Å²) in [6.45, 7) is 3.12. The summed E-state index contributed by atoms with van der Waals surface area (Å²) in [6.07, 6.45) is 5.47. The first-order valence-corrected chi connectivity index (χ1v) is 11.1. The number of aromatic nitrogens is 2. The van der Waals surface area contributed by atoms with Gasteiger partial charge in [-0.1, -0.05) is 19.3 Å². The van der Waals surface area contributed by atoms with Crippen LogP contribution in [0.5, 0.6) is 0 Å². The van der Waals surface area contributed by atoms with Gasteiger partial charge in [0.25, 0.3) is 5.91 Å². The third-order valence-corrected chi connectivity index (χ3v) is 6.37. The molecule has 0 unspecified atom stereocenters. The van der Waals surface area contributed by atoms with Crippen molar-refractivity contribution in [1.82, 2.24) is 15.3 Å². The van der Waals surface area contributed by atoms with E-state index >= 15 is 0 Å². The number of nitrogens with zero attached hydrogens (tertiary/aromatic N) is 3. The largest absolute Gasteiger partial charge is 0.394 e. The molecule has 1 aromatic heterocycles. The van der Waals surface area contributed by atoms with Crippen LogP contribution in [0, 0.1) is 12.7 Å². The molecule has 8 nitrogen and oxygen atoms in total. The number of hydrogen-bond acceptors (Lipinski definition) is 7. The molecule has 9 heteroatoms. The topological polar surface area (TPSA) is 111 Å². The first kappa shape index (κ1) is 22.4. The first-order chi connectivity index (χ1) is 15.3. The zero-order valence-corrected chi connectivity index (χ0v) is 18.5. The highest BCUT2D eigenvalue weighted by Gasteiger charge is 2.35. The number of aryl methyl sites for hydroxylation is 1. The molecule has 4 N–H and O–H groups in total. The van der Waals surface area contributed by atoms with Gasteiger partial charge in [-0.3, -0.25) is 4.79 Å². The van der Waals surface area contributed by atoms with Gasteiger partial charge >= 0.3 is 0 Å². The van der Waals surface area contributed by atoms with Crippen molar-refractivity contribution in [3.05, 3.63) is 35.1 Å². The van der Waals surface area contributed by atoms with E-state index in [0.29, 0.717) is 34.9 Å². The summed E-state index contributed by atoms with van der Waals surface area (Å²) in [5, 5.41) is 25.5. The minimum absolute atomic E-state index is 0.198. The normalized spacial score (nSPS) is 17.2. The summed E-state index contributed by atoms with van der Waals surface area (Å²) in [5.41, 5.74) is 0.980. The Hall–Kier alpha value is -2.78. The number of fused-ring (bicyclic) bond motifs is 1. The number of amides is 1. The number of aliphatic hydroxyl groups excluding tert-OH is 2. The minimum atomic E-state index is -1.05. The zero-order chi connectivity index (χ0) is 22.9. The van der Waals surface area contributed by atoms with Crippen LogP contribution in [0.2, 0.25) is 0 Å². The Labute approximate surface area is 186 Å². The van der Waals surface area contributed by atoms with Gasteiger partial charge in [0.1, 0.15) is 17.2 Å². The third kappa shape index (κ3) is 4.27. The lowest BCUT2D eigenvalue weighted by Crippen LogP contribution is -2.50. The average molecular weight is 444 g/mol. The van der Waals surface area contributed by atoms with Gasteiger partial charge in [0.15, 0.2) is 0 Å². The van der Waals surface area contributed by atoms with E-state index in [1.54, 1.807) is 19.9 Å². The molecule has 2 heterocycles. The van der Waals surface area contributed by atoms with Crippen LogP contribution in [0.4, 0.5) is 16.2 Å². The van der Waals surface area contributed by atoms with E-state index in [0.717, 1.165) is 25.7 Å². The van der Waals surface area contributed by atoms with E-state index in [9.17, 15) is 19.4 Å². The maximum Gasteiger partial charge on any atom is 0.258 e. The highest BCUT2D eigenvalue weighted by atomic mass is 19.1. The van der Waals surface area contributed by atoms with Crippen LogP contribution in [0.15, 0.2) is 18.2 Å². The number of rotatable bonds is 6. The smallest absolute Gasteiger partial charge is 0.258 e. The fourth-order valence-corrected chi connectivity index (χ4v) is 4.42. The van der Waals surface area contributed by atoms with Crippen molar-refractivity contribution in [2.45, 2.75) is 57.5 Å². The molecular weight excluding hydrogens is 413 g/mol. The Morgan fingerprint density at radius 2 is 1.94 bits per heavy atom. The number of nitrogens with one attached hydrogen (secondary N) is 2. The number of halogens is 1. The number of carbonyl (C=O) groups is 1. The second kappa shape index (κ2) is 8.99.